The molecule has 0 bridgehead atoms. The van der Waals surface area contributed by atoms with Crippen LogP contribution in [0.2, 0.25) is 0 Å². The number of methoxy groups -OCH3 is 1. The second-order valence-corrected chi connectivity index (χ2v) is 9.51. The number of anilines is 2. The zero-order valence-electron chi connectivity index (χ0n) is 22.8. The maximum absolute atomic E-state index is 12.8. The Morgan fingerprint density at radius 2 is 1.98 bits per heavy atom. The van der Waals surface area contributed by atoms with E-state index in [-0.39, 0.29) is 53.8 Å². The summed E-state index contributed by atoms with van der Waals surface area (Å²) >= 11 is 0. The van der Waals surface area contributed by atoms with Gasteiger partial charge < -0.3 is 36.7 Å². The van der Waals surface area contributed by atoms with Gasteiger partial charge in [-0.25, -0.2) is 19.1 Å². The highest BCUT2D eigenvalue weighted by molar-refractivity contribution is 5.97. The molecule has 0 saturated carbocycles. The Morgan fingerprint density at radius 1 is 1.19 bits per heavy atom. The minimum atomic E-state index is -1.25. The smallest absolute Gasteiger partial charge is 0.354 e. The van der Waals surface area contributed by atoms with Gasteiger partial charge in [0.25, 0.3) is 11.8 Å². The van der Waals surface area contributed by atoms with E-state index >= 15 is 0 Å². The number of hydrogen-bond acceptors (Lipinski definition) is 10. The molecule has 6 rings (SSSR count). The quantitative estimate of drug-likeness (QED) is 0.207. The molecule has 2 aromatic heterocycles. The number of nitrogen functional groups attached to an aromatic ring is 1. The number of benzene rings is 2. The average molecular weight is 610 g/mol. The Kier molecular flexibility index (Phi) is 9.12. The minimum Gasteiger partial charge on any atom is -0.482 e. The second kappa shape index (κ2) is 12.8. The summed E-state index contributed by atoms with van der Waals surface area (Å²) < 4.78 is 11.0. The van der Waals surface area contributed by atoms with Crippen molar-refractivity contribution < 1.29 is 33.8 Å². The third kappa shape index (κ3) is 6.50. The van der Waals surface area contributed by atoms with E-state index in [9.17, 15) is 24.3 Å². The summed E-state index contributed by atoms with van der Waals surface area (Å²) in [4.78, 5) is 51.1. The van der Waals surface area contributed by atoms with Crippen LogP contribution in [0.4, 0.5) is 11.5 Å². The van der Waals surface area contributed by atoms with Gasteiger partial charge in [0, 0.05) is 18.7 Å². The predicted molar refractivity (Wildman–Crippen MR) is 156 cm³/mol. The van der Waals surface area contributed by atoms with Gasteiger partial charge in [-0.3, -0.25) is 9.59 Å². The van der Waals surface area contributed by atoms with Crippen LogP contribution < -0.4 is 26.8 Å². The summed E-state index contributed by atoms with van der Waals surface area (Å²) in [6.07, 6.45) is 1.34. The molecule has 0 fully saturated rings. The Bertz CT molecular complexity index is 1740. The first kappa shape index (κ1) is 30.7. The number of carboxylic acid groups (broad SMARTS) is 1. The Hall–Kier alpha value is -5.21. The molecule has 2 amide bonds. The lowest BCUT2D eigenvalue weighted by atomic mass is 10.0. The molecule has 1 atom stereocenters. The summed E-state index contributed by atoms with van der Waals surface area (Å²) in [5, 5.41) is 18.9. The maximum Gasteiger partial charge on any atom is 0.354 e. The first-order chi connectivity index (χ1) is 20.2. The van der Waals surface area contributed by atoms with Gasteiger partial charge in [-0.15, -0.1) is 17.5 Å². The lowest BCUT2D eigenvalue weighted by Gasteiger charge is -2.18. The number of rotatable bonds is 5. The van der Waals surface area contributed by atoms with E-state index in [0.717, 1.165) is 27.3 Å². The fourth-order valence-electron chi connectivity index (χ4n) is 4.76. The number of aromatic nitrogens is 3. The first-order valence-electron chi connectivity index (χ1n) is 12.8. The van der Waals surface area contributed by atoms with E-state index in [1.165, 1.54) is 13.2 Å². The number of nitrogens with one attached hydrogen (secondary N) is 2. The van der Waals surface area contributed by atoms with Gasteiger partial charge in [-0.1, -0.05) is 12.1 Å². The molecule has 14 nitrogen and oxygen atoms in total. The fourth-order valence-corrected chi connectivity index (χ4v) is 4.76. The predicted octanol–water partition coefficient (Wildman–Crippen LogP) is 2.11. The number of carbonyl (C=O) groups is 4. The molecule has 7 N–H and O–H groups in total. The molecule has 2 aliphatic rings. The van der Waals surface area contributed by atoms with Crippen LogP contribution in [-0.2, 0) is 22.5 Å². The molecule has 43 heavy (non-hydrogen) atoms. The molecular formula is C28H28ClN7O7. The summed E-state index contributed by atoms with van der Waals surface area (Å²) in [5.41, 5.74) is 15.0. The molecule has 0 unspecified atom stereocenters. The number of halogens is 1. The van der Waals surface area contributed by atoms with E-state index in [1.54, 1.807) is 18.2 Å². The van der Waals surface area contributed by atoms with E-state index in [4.69, 9.17) is 20.9 Å². The summed E-state index contributed by atoms with van der Waals surface area (Å²) in [7, 11) is 1.32. The number of esters is 1. The summed E-state index contributed by atoms with van der Waals surface area (Å²) in [6.45, 7) is 0.554. The van der Waals surface area contributed by atoms with Crippen molar-refractivity contribution >= 4 is 53.3 Å². The molecule has 4 aromatic rings. The van der Waals surface area contributed by atoms with Gasteiger partial charge in [0.05, 0.1) is 24.4 Å². The molecular weight excluding hydrogens is 582 g/mol. The number of amides is 2. The average Bonchev–Trinajstić information content (AvgIpc) is 3.57. The van der Waals surface area contributed by atoms with Crippen LogP contribution in [0.15, 0.2) is 48.5 Å². The normalized spacial score (nSPS) is 14.6. The highest BCUT2D eigenvalue weighted by atomic mass is 35.5. The molecule has 0 saturated heterocycles. The van der Waals surface area contributed by atoms with Crippen LogP contribution in [0.5, 0.6) is 5.75 Å². The van der Waals surface area contributed by atoms with Gasteiger partial charge >= 0.3 is 11.9 Å². The third-order valence-corrected chi connectivity index (χ3v) is 6.76. The number of fused-ring (bicyclic) bond motifs is 3. The monoisotopic (exact) mass is 609 g/mol. The molecule has 0 spiro atoms. The lowest BCUT2D eigenvalue weighted by molar-refractivity contribution is -0.118. The van der Waals surface area contributed by atoms with Gasteiger partial charge in [0.1, 0.15) is 17.3 Å². The zero-order valence-corrected chi connectivity index (χ0v) is 23.6. The van der Waals surface area contributed by atoms with Crippen molar-refractivity contribution in [3.05, 3.63) is 82.2 Å². The van der Waals surface area contributed by atoms with Crippen LogP contribution in [0.1, 0.15) is 60.5 Å². The van der Waals surface area contributed by atoms with Crippen LogP contribution in [0, 0.1) is 0 Å². The van der Waals surface area contributed by atoms with Gasteiger partial charge in [-0.05, 0) is 53.8 Å². The third-order valence-electron chi connectivity index (χ3n) is 6.76. The van der Waals surface area contributed by atoms with E-state index in [0.29, 0.717) is 36.4 Å². The number of ether oxygens (including phenoxy) is 2. The highest BCUT2D eigenvalue weighted by Crippen LogP contribution is 2.32. The van der Waals surface area contributed by atoms with Crippen LogP contribution in [-0.4, -0.2) is 57.2 Å². The second-order valence-electron chi connectivity index (χ2n) is 9.51. The van der Waals surface area contributed by atoms with Crippen LogP contribution in [0.3, 0.4) is 0 Å². The number of aromatic carboxylic acids is 1. The van der Waals surface area contributed by atoms with Crippen molar-refractivity contribution in [3.63, 3.8) is 0 Å². The molecule has 2 aromatic carbocycles. The van der Waals surface area contributed by atoms with Crippen molar-refractivity contribution in [1.29, 1.82) is 0 Å². The summed E-state index contributed by atoms with van der Waals surface area (Å²) in [5.74, 6) is -1.50. The number of hydrogen-bond donors (Lipinski definition) is 5. The largest absolute Gasteiger partial charge is 0.482 e. The maximum atomic E-state index is 12.8. The highest BCUT2D eigenvalue weighted by Gasteiger charge is 2.27. The lowest BCUT2D eigenvalue weighted by Crippen LogP contribution is -2.28. The van der Waals surface area contributed by atoms with Crippen LogP contribution >= 0.6 is 12.4 Å². The van der Waals surface area contributed by atoms with E-state index < -0.39 is 17.8 Å². The Morgan fingerprint density at radius 3 is 2.70 bits per heavy atom. The van der Waals surface area contributed by atoms with E-state index in [2.05, 4.69) is 20.7 Å². The molecule has 15 heteroatoms. The standard InChI is InChI=1S/C19H17N5O5.C9H10N2O2.ClH/c1-29-19(28)10-2-4-11-9(6-10)3-5-12(11)22-17(25)13-7-14(18(26)27)24-16(21-13)8-15(20)23-24;10-4-6-1-2-8-7(3-6)11-9(12)5-13-8;/h2,4,6-8,12H,3,5H2,1H3,(H2,20,23)(H,22,25)(H,26,27);1-3H,4-5,10H2,(H,11,12);1H/t12-;;/m0../s1. The number of nitrogens with zero attached hydrogens (tertiary/aromatic N) is 3. The van der Waals surface area contributed by atoms with Gasteiger partial charge in [-0.2, -0.15) is 0 Å². The first-order valence-corrected chi connectivity index (χ1v) is 12.8. The molecule has 224 valence electrons. The Labute approximate surface area is 250 Å². The number of nitrogens with two attached hydrogens (primary N) is 2. The van der Waals surface area contributed by atoms with Crippen molar-refractivity contribution in [2.45, 2.75) is 25.4 Å². The van der Waals surface area contributed by atoms with Crippen molar-refractivity contribution in [2.24, 2.45) is 5.73 Å². The minimum absolute atomic E-state index is 0. The van der Waals surface area contributed by atoms with Gasteiger partial charge in [0.15, 0.2) is 17.9 Å². The SMILES string of the molecule is COC(=O)c1ccc2c(c1)CC[C@@H]2NC(=O)c1cc(C(=O)O)n2nc(N)cc2n1.Cl.NCc1ccc2c(c1)NC(=O)CO2. The van der Waals surface area contributed by atoms with Crippen molar-refractivity contribution in [1.82, 2.24) is 19.9 Å². The molecule has 0 radical (unpaired) electrons. The fraction of sp³-hybridized carbons (Fsp3) is 0.214. The number of carboxylic acids is 1. The molecule has 1 aliphatic heterocycles. The topological polar surface area (TPSA) is 213 Å². The van der Waals surface area contributed by atoms with Crippen LogP contribution in [0.25, 0.3) is 5.65 Å². The van der Waals surface area contributed by atoms with Crippen molar-refractivity contribution in [2.75, 3.05) is 24.8 Å². The van der Waals surface area contributed by atoms with Crippen molar-refractivity contribution in [3.8, 4) is 5.75 Å². The van der Waals surface area contributed by atoms with E-state index in [1.807, 2.05) is 18.2 Å². The number of aryl methyl sites for hydroxylation is 1. The molecule has 3 heterocycles. The number of carbonyl (C=O) groups excluding carboxylic acids is 3. The summed E-state index contributed by atoms with van der Waals surface area (Å²) in [6, 6.07) is 13.0. The zero-order chi connectivity index (χ0) is 30.0. The van der Waals surface area contributed by atoms with Gasteiger partial charge in [0.2, 0.25) is 0 Å². The Balaban J connectivity index is 0.000000253. The molecule has 1 aliphatic carbocycles.